The van der Waals surface area contributed by atoms with Crippen molar-refractivity contribution in [3.8, 4) is 0 Å². The summed E-state index contributed by atoms with van der Waals surface area (Å²) in [6.45, 7) is 2.17. The van der Waals surface area contributed by atoms with E-state index in [1.165, 1.54) is 6.92 Å². The van der Waals surface area contributed by atoms with Crippen LogP contribution in [0.2, 0.25) is 0 Å². The maximum Gasteiger partial charge on any atom is 0.254 e. The fourth-order valence-electron chi connectivity index (χ4n) is 5.63. The van der Waals surface area contributed by atoms with Crippen LogP contribution in [0.15, 0.2) is 11.8 Å². The Hall–Kier alpha value is -1.51. The van der Waals surface area contributed by atoms with Gasteiger partial charge in [0.05, 0.1) is 37.9 Å². The molecule has 0 spiro atoms. The zero-order chi connectivity index (χ0) is 29.9. The second kappa shape index (κ2) is 13.4. The fourth-order valence-corrected chi connectivity index (χ4v) is 5.63. The first-order valence-corrected chi connectivity index (χ1v) is 14.0. The molecule has 3 aliphatic heterocycles. The van der Waals surface area contributed by atoms with Gasteiger partial charge in [0.15, 0.2) is 11.9 Å². The Balaban J connectivity index is 1.51. The lowest BCUT2D eigenvalue weighted by Crippen LogP contribution is -2.72. The van der Waals surface area contributed by atoms with Gasteiger partial charge in [-0.3, -0.25) is 4.79 Å². The number of aliphatic hydroxyl groups is 5. The Morgan fingerprint density at radius 2 is 1.85 bits per heavy atom. The predicted molar refractivity (Wildman–Crippen MR) is 143 cm³/mol. The average Bonchev–Trinajstić information content (AvgIpc) is 2.90. The van der Waals surface area contributed by atoms with Gasteiger partial charge in [-0.1, -0.05) is 0 Å². The molecule has 16 heteroatoms. The second-order valence-electron chi connectivity index (χ2n) is 11.6. The van der Waals surface area contributed by atoms with Crippen molar-refractivity contribution in [3.63, 3.8) is 0 Å². The maximum absolute atomic E-state index is 12.9. The van der Waals surface area contributed by atoms with Crippen LogP contribution in [0.3, 0.4) is 0 Å². The molecule has 41 heavy (non-hydrogen) atoms. The van der Waals surface area contributed by atoms with Crippen molar-refractivity contribution in [3.05, 3.63) is 11.8 Å². The molecule has 2 saturated heterocycles. The first-order valence-electron chi connectivity index (χ1n) is 14.0. The van der Waals surface area contributed by atoms with Crippen LogP contribution in [-0.4, -0.2) is 150 Å². The summed E-state index contributed by atoms with van der Waals surface area (Å²) in [6.07, 6.45) is -4.91. The Bertz CT molecular complexity index is 923. The molecule has 1 aliphatic carbocycles. The van der Waals surface area contributed by atoms with Crippen molar-refractivity contribution < 1.29 is 49.3 Å². The minimum atomic E-state index is -1.61. The molecule has 4 rings (SSSR count). The topological polar surface area (TPSA) is 255 Å². The number of aliphatic hydroxyl groups excluding tert-OH is 3. The zero-order valence-electron chi connectivity index (χ0n) is 23.4. The summed E-state index contributed by atoms with van der Waals surface area (Å²) in [7, 11) is 1.58. The molecule has 0 aromatic carbocycles. The van der Waals surface area contributed by atoms with E-state index in [0.717, 1.165) is 0 Å². The molecular formula is C25H46N6O10. The molecule has 0 radical (unpaired) electrons. The molecule has 0 aromatic heterocycles. The van der Waals surface area contributed by atoms with Crippen LogP contribution in [0, 0.1) is 0 Å². The lowest BCUT2D eigenvalue weighted by molar-refractivity contribution is -0.304. The number of likely N-dealkylation sites (N-methyl/N-ethyl adjacent to an activating group) is 1. The predicted octanol–water partition coefficient (Wildman–Crippen LogP) is -5.74. The molecular weight excluding hydrogens is 544 g/mol. The molecule has 1 saturated carbocycles. The van der Waals surface area contributed by atoms with Crippen molar-refractivity contribution in [2.45, 2.75) is 92.1 Å². The Morgan fingerprint density at radius 3 is 2.49 bits per heavy atom. The number of carbonyl (C=O) groups is 1. The number of carbonyl (C=O) groups excluding carboxylic acids is 1. The number of nitrogens with two attached hydrogens (primary N) is 2. The van der Waals surface area contributed by atoms with Crippen LogP contribution < -0.4 is 32.7 Å². The van der Waals surface area contributed by atoms with Crippen LogP contribution in [0.5, 0.6) is 0 Å². The number of nitrogens with one attached hydrogen (secondary N) is 4. The van der Waals surface area contributed by atoms with Gasteiger partial charge in [-0.15, -0.1) is 0 Å². The number of rotatable bonds is 11. The average molecular weight is 591 g/mol. The van der Waals surface area contributed by atoms with Crippen molar-refractivity contribution in [1.29, 1.82) is 0 Å². The highest BCUT2D eigenvalue weighted by molar-refractivity contribution is 5.87. The van der Waals surface area contributed by atoms with Crippen molar-refractivity contribution in [2.24, 2.45) is 11.5 Å². The third-order valence-corrected chi connectivity index (χ3v) is 8.14. The molecule has 13 N–H and O–H groups in total. The van der Waals surface area contributed by atoms with Crippen LogP contribution in [0.25, 0.3) is 0 Å². The first-order chi connectivity index (χ1) is 19.4. The highest BCUT2D eigenvalue weighted by Crippen LogP contribution is 2.32. The standard InChI is InChI=1S/C25H46N6O10/c1-24(36)11-38-22(17(34)20(24)28-2)41-19-15(31-23(35)25(37)9-30-10-25)7-14(27)18(16(19)33)40-21-13(26)4-3-12(39-21)8-29-5-6-32/h3,13-22,28-30,32-34,36-37H,4-11,26-27H2,1-2H3,(H,31,35)/t13-,14+,15-,16+,17-,18-,19+,20-,21-,22-,24+/m1/s1. The van der Waals surface area contributed by atoms with Crippen molar-refractivity contribution in [2.75, 3.05) is 46.4 Å². The van der Waals surface area contributed by atoms with Gasteiger partial charge in [0.25, 0.3) is 5.91 Å². The summed E-state index contributed by atoms with van der Waals surface area (Å²) in [5.41, 5.74) is 9.68. The quantitative estimate of drug-likeness (QED) is 0.100. The molecule has 0 aromatic rings. The summed E-state index contributed by atoms with van der Waals surface area (Å²) in [5, 5.41) is 64.1. The van der Waals surface area contributed by atoms with Gasteiger partial charge < -0.3 is 77.2 Å². The largest absolute Gasteiger partial charge is 0.467 e. The normalized spacial score (nSPS) is 42.5. The van der Waals surface area contributed by atoms with E-state index in [9.17, 15) is 25.2 Å². The van der Waals surface area contributed by atoms with Gasteiger partial charge in [0.2, 0.25) is 6.29 Å². The molecule has 4 aliphatic rings. The summed E-state index contributed by atoms with van der Waals surface area (Å²) < 4.78 is 23.8. The number of hydrogen-bond donors (Lipinski definition) is 11. The van der Waals surface area contributed by atoms with E-state index < -0.39 is 78.3 Å². The molecule has 3 heterocycles. The van der Waals surface area contributed by atoms with Gasteiger partial charge in [-0.05, 0) is 32.9 Å². The lowest BCUT2D eigenvalue weighted by Gasteiger charge is -2.49. The summed E-state index contributed by atoms with van der Waals surface area (Å²) in [4.78, 5) is 12.9. The highest BCUT2D eigenvalue weighted by Gasteiger charge is 2.53. The lowest BCUT2D eigenvalue weighted by atomic mass is 9.82. The van der Waals surface area contributed by atoms with Gasteiger partial charge in [0.1, 0.15) is 35.8 Å². The van der Waals surface area contributed by atoms with Gasteiger partial charge in [-0.2, -0.15) is 0 Å². The van der Waals surface area contributed by atoms with Crippen molar-refractivity contribution in [1.82, 2.24) is 21.3 Å². The van der Waals surface area contributed by atoms with E-state index in [2.05, 4.69) is 21.3 Å². The smallest absolute Gasteiger partial charge is 0.254 e. The monoisotopic (exact) mass is 590 g/mol. The molecule has 1 amide bonds. The van der Waals surface area contributed by atoms with Gasteiger partial charge in [-0.25, -0.2) is 0 Å². The van der Waals surface area contributed by atoms with E-state index in [0.29, 0.717) is 25.3 Å². The van der Waals surface area contributed by atoms with E-state index in [1.807, 2.05) is 6.08 Å². The van der Waals surface area contributed by atoms with E-state index in [-0.39, 0.29) is 32.7 Å². The first kappa shape index (κ1) is 32.4. The maximum atomic E-state index is 12.9. The van der Waals surface area contributed by atoms with Gasteiger partial charge >= 0.3 is 0 Å². The zero-order valence-corrected chi connectivity index (χ0v) is 23.4. The molecule has 16 nitrogen and oxygen atoms in total. The number of ether oxygens (including phenoxy) is 4. The SMILES string of the molecule is CN[C@@H]1[C@@H](O)[C@@H](O[C@@H]2[C@@H](O)[C@H](O[C@H]3OC(CNCCO)=CC[C@H]3N)[C@@H](N)C[C@H]2NC(=O)C2(O)CNC2)OC[C@]1(C)O. The molecule has 0 bridgehead atoms. The Morgan fingerprint density at radius 1 is 1.15 bits per heavy atom. The molecule has 0 unspecified atom stereocenters. The number of hydrogen-bond acceptors (Lipinski definition) is 15. The molecule has 236 valence electrons. The third-order valence-electron chi connectivity index (χ3n) is 8.14. The molecule has 3 fully saturated rings. The minimum Gasteiger partial charge on any atom is -0.467 e. The van der Waals surface area contributed by atoms with E-state index in [1.54, 1.807) is 7.05 Å². The van der Waals surface area contributed by atoms with Crippen LogP contribution in [0.1, 0.15) is 19.8 Å². The number of β-amino-alcohol motifs (C(OH)–C–C–N with tert-alkyl or cyclic N) is 1. The second-order valence-corrected chi connectivity index (χ2v) is 11.6. The van der Waals surface area contributed by atoms with Crippen molar-refractivity contribution >= 4 is 5.91 Å². The van der Waals surface area contributed by atoms with Crippen LogP contribution in [-0.2, 0) is 23.7 Å². The Kier molecular flexibility index (Phi) is 10.6. The minimum absolute atomic E-state index is 0.0329. The highest BCUT2D eigenvalue weighted by atomic mass is 16.7. The van der Waals surface area contributed by atoms with E-state index >= 15 is 0 Å². The van der Waals surface area contributed by atoms with Crippen LogP contribution >= 0.6 is 0 Å². The summed E-state index contributed by atoms with van der Waals surface area (Å²) in [6, 6.07) is -3.06. The number of amides is 1. The van der Waals surface area contributed by atoms with Gasteiger partial charge in [0, 0.05) is 25.7 Å². The third kappa shape index (κ3) is 7.18. The fraction of sp³-hybridized carbons (Fsp3) is 0.880. The van der Waals surface area contributed by atoms with Crippen LogP contribution in [0.4, 0.5) is 0 Å². The van der Waals surface area contributed by atoms with E-state index in [4.69, 9.17) is 35.5 Å². The molecule has 11 atom stereocenters. The summed E-state index contributed by atoms with van der Waals surface area (Å²) in [5.74, 6) is -0.0919. The Labute approximate surface area is 238 Å². The summed E-state index contributed by atoms with van der Waals surface area (Å²) >= 11 is 0.